The molecule has 0 spiro atoms. The maximum Gasteiger partial charge on any atom is 0.186 e. The Hall–Kier alpha value is -3.14. The number of carbonyl (C=O) groups excluding carboxylic acids is 2. The summed E-state index contributed by atoms with van der Waals surface area (Å²) >= 11 is 0. The van der Waals surface area contributed by atoms with Crippen molar-refractivity contribution < 1.29 is 9.59 Å². The van der Waals surface area contributed by atoms with Gasteiger partial charge in [-0.15, -0.1) is 0 Å². The van der Waals surface area contributed by atoms with Crippen LogP contribution in [0.15, 0.2) is 73.3 Å². The van der Waals surface area contributed by atoms with Crippen molar-refractivity contribution in [1.82, 2.24) is 9.97 Å². The molecule has 0 fully saturated rings. The van der Waals surface area contributed by atoms with E-state index in [-0.39, 0.29) is 11.6 Å². The summed E-state index contributed by atoms with van der Waals surface area (Å²) in [4.78, 5) is 34.5. The molecule has 0 atom stereocenters. The summed E-state index contributed by atoms with van der Waals surface area (Å²) in [5.41, 5.74) is 0.835. The van der Waals surface area contributed by atoms with Crippen LogP contribution in [0.2, 0.25) is 0 Å². The molecule has 1 aromatic carbocycles. The first-order valence-corrected chi connectivity index (χ1v) is 7.26. The van der Waals surface area contributed by atoms with Crippen molar-refractivity contribution in [1.29, 1.82) is 0 Å². The Morgan fingerprint density at radius 3 is 1.39 bits per heavy atom. The number of ketones is 2. The lowest BCUT2D eigenvalue weighted by atomic mass is 9.71. The molecule has 23 heavy (non-hydrogen) atoms. The number of nitrogens with zero attached hydrogens (tertiary/aromatic N) is 2. The topological polar surface area (TPSA) is 59.9 Å². The number of aromatic nitrogens is 2. The molecule has 0 saturated carbocycles. The second kappa shape index (κ2) is 4.95. The molecule has 2 aromatic heterocycles. The third-order valence-corrected chi connectivity index (χ3v) is 4.32. The van der Waals surface area contributed by atoms with E-state index < -0.39 is 5.41 Å². The fraction of sp³-hybridized carbons (Fsp3) is 0.0526. The number of fused-ring (bicyclic) bond motifs is 1. The number of Topliss-reactive ketones (excluding diaryl/α,β-unsaturated/α-hetero) is 2. The zero-order chi connectivity index (χ0) is 15.9. The van der Waals surface area contributed by atoms with Gasteiger partial charge < -0.3 is 0 Å². The van der Waals surface area contributed by atoms with Gasteiger partial charge in [-0.25, -0.2) is 0 Å². The number of carbonyl (C=O) groups is 2. The van der Waals surface area contributed by atoms with E-state index in [0.717, 1.165) is 0 Å². The van der Waals surface area contributed by atoms with Gasteiger partial charge in [0.05, 0.1) is 0 Å². The van der Waals surface area contributed by atoms with Crippen molar-refractivity contribution in [2.45, 2.75) is 5.41 Å². The van der Waals surface area contributed by atoms with Crippen molar-refractivity contribution in [2.75, 3.05) is 0 Å². The molecule has 1 aliphatic carbocycles. The van der Waals surface area contributed by atoms with Crippen LogP contribution in [-0.4, -0.2) is 21.5 Å². The molecule has 0 unspecified atom stereocenters. The third kappa shape index (κ3) is 1.72. The molecule has 3 aromatic rings. The molecule has 110 valence electrons. The van der Waals surface area contributed by atoms with Crippen molar-refractivity contribution in [3.05, 3.63) is 95.6 Å². The number of rotatable bonds is 2. The van der Waals surface area contributed by atoms with Crippen LogP contribution in [0.4, 0.5) is 0 Å². The van der Waals surface area contributed by atoms with Crippen molar-refractivity contribution in [2.24, 2.45) is 0 Å². The average Bonchev–Trinajstić information content (AvgIpc) is 2.86. The lowest BCUT2D eigenvalue weighted by Gasteiger charge is -2.26. The van der Waals surface area contributed by atoms with E-state index in [2.05, 4.69) is 9.97 Å². The van der Waals surface area contributed by atoms with Gasteiger partial charge in [-0.05, 0) is 35.4 Å². The number of hydrogen-bond acceptors (Lipinski definition) is 4. The number of hydrogen-bond donors (Lipinski definition) is 0. The van der Waals surface area contributed by atoms with Crippen molar-refractivity contribution in [3.63, 3.8) is 0 Å². The minimum atomic E-state index is -1.35. The molecule has 0 bridgehead atoms. The minimum absolute atomic E-state index is 0.199. The number of benzene rings is 1. The van der Waals surface area contributed by atoms with Crippen molar-refractivity contribution in [3.8, 4) is 0 Å². The van der Waals surface area contributed by atoms with Gasteiger partial charge in [0.1, 0.15) is 5.41 Å². The Labute approximate surface area is 132 Å². The predicted octanol–water partition coefficient (Wildman–Crippen LogP) is 2.84. The highest BCUT2D eigenvalue weighted by atomic mass is 16.2. The highest BCUT2D eigenvalue weighted by Crippen LogP contribution is 2.44. The molecule has 2 heterocycles. The van der Waals surface area contributed by atoms with E-state index in [1.165, 1.54) is 0 Å². The van der Waals surface area contributed by atoms with Crippen LogP contribution >= 0.6 is 0 Å². The van der Waals surface area contributed by atoms with Crippen LogP contribution in [0.3, 0.4) is 0 Å². The fourth-order valence-corrected chi connectivity index (χ4v) is 3.28. The highest BCUT2D eigenvalue weighted by molar-refractivity contribution is 6.35. The van der Waals surface area contributed by atoms with Gasteiger partial charge in [0.15, 0.2) is 11.6 Å². The number of pyridine rings is 2. The molecule has 4 nitrogen and oxygen atoms in total. The van der Waals surface area contributed by atoms with Gasteiger partial charge in [-0.2, -0.15) is 0 Å². The predicted molar refractivity (Wildman–Crippen MR) is 84.4 cm³/mol. The molecule has 0 saturated heterocycles. The molecule has 0 aliphatic heterocycles. The zero-order valence-electron chi connectivity index (χ0n) is 12.1. The molecular formula is C19H12N2O2. The summed E-state index contributed by atoms with van der Waals surface area (Å²) in [7, 11) is 0. The van der Waals surface area contributed by atoms with Crippen LogP contribution in [0.5, 0.6) is 0 Å². The molecule has 1 aliphatic rings. The normalized spacial score (nSPS) is 15.5. The molecule has 0 amide bonds. The Balaban J connectivity index is 2.07. The van der Waals surface area contributed by atoms with Crippen LogP contribution in [0.1, 0.15) is 31.8 Å². The van der Waals surface area contributed by atoms with Gasteiger partial charge in [-0.1, -0.05) is 24.3 Å². The largest absolute Gasteiger partial charge is 0.292 e. The molecule has 0 N–H and O–H groups in total. The van der Waals surface area contributed by atoms with Gasteiger partial charge >= 0.3 is 0 Å². The Morgan fingerprint density at radius 1 is 0.609 bits per heavy atom. The van der Waals surface area contributed by atoms with Crippen LogP contribution in [0.25, 0.3) is 0 Å². The quantitative estimate of drug-likeness (QED) is 0.683. The second-order valence-electron chi connectivity index (χ2n) is 5.43. The van der Waals surface area contributed by atoms with Crippen LogP contribution in [-0.2, 0) is 5.41 Å². The summed E-state index contributed by atoms with van der Waals surface area (Å²) in [6.07, 6.45) is 6.40. The maximum atomic E-state index is 13.3. The van der Waals surface area contributed by atoms with E-state index in [0.29, 0.717) is 22.3 Å². The second-order valence-corrected chi connectivity index (χ2v) is 5.43. The summed E-state index contributed by atoms with van der Waals surface area (Å²) in [5.74, 6) is -0.397. The third-order valence-electron chi connectivity index (χ3n) is 4.32. The summed E-state index contributed by atoms with van der Waals surface area (Å²) in [6.45, 7) is 0. The van der Waals surface area contributed by atoms with Gasteiger partial charge in [0, 0.05) is 35.9 Å². The Morgan fingerprint density at radius 2 is 1.00 bits per heavy atom. The van der Waals surface area contributed by atoms with Crippen LogP contribution in [0, 0.1) is 0 Å². The van der Waals surface area contributed by atoms with Gasteiger partial charge in [-0.3, -0.25) is 19.6 Å². The minimum Gasteiger partial charge on any atom is -0.292 e. The summed E-state index contributed by atoms with van der Waals surface area (Å²) in [6, 6.07) is 13.9. The molecule has 4 rings (SSSR count). The standard InChI is InChI=1S/C19H12N2O2/c22-17-15-3-1-2-4-16(15)18(23)19(17,13-5-9-20-10-6-13)14-7-11-21-12-8-14/h1-12H. The van der Waals surface area contributed by atoms with E-state index in [1.807, 2.05) is 0 Å². The smallest absolute Gasteiger partial charge is 0.186 e. The Kier molecular flexibility index (Phi) is 2.91. The SMILES string of the molecule is O=C1c2ccccc2C(=O)C1(c1ccncc1)c1ccncc1. The monoisotopic (exact) mass is 300 g/mol. The van der Waals surface area contributed by atoms with Crippen molar-refractivity contribution >= 4 is 11.6 Å². The first kappa shape index (κ1) is 13.5. The van der Waals surface area contributed by atoms with E-state index in [1.54, 1.807) is 73.3 Å². The van der Waals surface area contributed by atoms with Gasteiger partial charge in [0.25, 0.3) is 0 Å². The Bertz CT molecular complexity index is 828. The maximum absolute atomic E-state index is 13.3. The molecule has 4 heteroatoms. The van der Waals surface area contributed by atoms with E-state index in [4.69, 9.17) is 0 Å². The zero-order valence-corrected chi connectivity index (χ0v) is 12.1. The molecular weight excluding hydrogens is 288 g/mol. The first-order chi connectivity index (χ1) is 11.3. The summed E-state index contributed by atoms with van der Waals surface area (Å²) < 4.78 is 0. The fourth-order valence-electron chi connectivity index (χ4n) is 3.28. The first-order valence-electron chi connectivity index (χ1n) is 7.26. The lowest BCUT2D eigenvalue weighted by molar-refractivity contribution is 0.0829. The van der Waals surface area contributed by atoms with E-state index in [9.17, 15) is 9.59 Å². The molecule has 0 radical (unpaired) electrons. The lowest BCUT2D eigenvalue weighted by Crippen LogP contribution is -2.39. The summed E-state index contributed by atoms with van der Waals surface area (Å²) in [5, 5.41) is 0. The average molecular weight is 300 g/mol. The van der Waals surface area contributed by atoms with E-state index >= 15 is 0 Å². The van der Waals surface area contributed by atoms with Gasteiger partial charge in [0.2, 0.25) is 0 Å². The van der Waals surface area contributed by atoms with Crippen LogP contribution < -0.4 is 0 Å². The highest BCUT2D eigenvalue weighted by Gasteiger charge is 2.55.